The molecule has 35 heavy (non-hydrogen) atoms. The zero-order valence-electron chi connectivity index (χ0n) is 21.9. The van der Waals surface area contributed by atoms with Gasteiger partial charge in [-0.1, -0.05) is 45.0 Å². The summed E-state index contributed by atoms with van der Waals surface area (Å²) in [5.74, 6) is 2.99. The highest BCUT2D eigenvalue weighted by Gasteiger charge is 2.36. The Bertz CT molecular complexity index is 1050. The lowest BCUT2D eigenvalue weighted by Gasteiger charge is -2.29. The van der Waals surface area contributed by atoms with E-state index in [9.17, 15) is 4.79 Å². The third kappa shape index (κ3) is 6.72. The largest absolute Gasteiger partial charge is 0.493 e. The number of hydrogen-bond donors (Lipinski definition) is 1. The van der Waals surface area contributed by atoms with Gasteiger partial charge in [-0.05, 0) is 57.2 Å². The number of fused-ring (bicyclic) bond motifs is 1. The molecule has 1 atom stereocenters. The molecule has 0 amide bonds. The van der Waals surface area contributed by atoms with Crippen molar-refractivity contribution >= 4 is 23.7 Å². The van der Waals surface area contributed by atoms with Gasteiger partial charge in [0.15, 0.2) is 11.5 Å². The Hall–Kier alpha value is -2.68. The van der Waals surface area contributed by atoms with E-state index in [0.717, 1.165) is 30.6 Å². The number of anilines is 1. The summed E-state index contributed by atoms with van der Waals surface area (Å²) >= 11 is 1.62. The van der Waals surface area contributed by atoms with E-state index in [0.29, 0.717) is 46.4 Å². The van der Waals surface area contributed by atoms with Crippen molar-refractivity contribution in [2.24, 2.45) is 5.92 Å². The molecule has 0 spiro atoms. The molecule has 1 aliphatic heterocycles. The van der Waals surface area contributed by atoms with E-state index in [1.54, 1.807) is 23.6 Å². The number of thioether (sulfide) groups is 1. The molecule has 0 radical (unpaired) electrons. The monoisotopic (exact) mass is 502 g/mol. The third-order valence-electron chi connectivity index (χ3n) is 5.58. The number of methoxy groups -OCH3 is 1. The van der Waals surface area contributed by atoms with Gasteiger partial charge in [-0.25, -0.2) is 9.48 Å². The molecule has 0 saturated heterocycles. The molecule has 8 nitrogen and oxygen atoms in total. The maximum atomic E-state index is 13.2. The van der Waals surface area contributed by atoms with Crippen LogP contribution in [-0.4, -0.2) is 46.3 Å². The molecular weight excluding hydrogens is 464 g/mol. The number of unbranched alkanes of at least 4 members (excludes halogenated alkanes) is 1. The van der Waals surface area contributed by atoms with E-state index in [1.807, 2.05) is 39.0 Å². The lowest BCUT2D eigenvalue weighted by Crippen LogP contribution is -2.30. The summed E-state index contributed by atoms with van der Waals surface area (Å²) in [4.78, 5) is 17.9. The van der Waals surface area contributed by atoms with Crippen LogP contribution >= 0.6 is 11.8 Å². The van der Waals surface area contributed by atoms with E-state index in [2.05, 4.69) is 31.1 Å². The fraction of sp³-hybridized carbons (Fsp3) is 0.577. The highest BCUT2D eigenvalue weighted by molar-refractivity contribution is 7.99. The first-order valence-electron chi connectivity index (χ1n) is 12.3. The van der Waals surface area contributed by atoms with Gasteiger partial charge in [0.25, 0.3) is 0 Å². The van der Waals surface area contributed by atoms with Crippen LogP contribution in [0.3, 0.4) is 0 Å². The zero-order valence-corrected chi connectivity index (χ0v) is 22.7. The fourth-order valence-electron chi connectivity index (χ4n) is 3.73. The molecule has 1 unspecified atom stereocenters. The van der Waals surface area contributed by atoms with Crippen molar-refractivity contribution in [1.29, 1.82) is 0 Å². The van der Waals surface area contributed by atoms with Crippen LogP contribution in [0.1, 0.15) is 72.4 Å². The molecule has 2 heterocycles. The molecule has 2 aromatic rings. The van der Waals surface area contributed by atoms with Crippen molar-refractivity contribution in [2.45, 2.75) is 78.1 Å². The van der Waals surface area contributed by atoms with Gasteiger partial charge in [-0.3, -0.25) is 0 Å². The molecule has 0 bridgehead atoms. The molecular formula is C26H38N4O4S. The fourth-order valence-corrected chi connectivity index (χ4v) is 4.64. The summed E-state index contributed by atoms with van der Waals surface area (Å²) < 4.78 is 19.0. The minimum atomic E-state index is -0.510. The van der Waals surface area contributed by atoms with Gasteiger partial charge < -0.3 is 19.5 Å². The van der Waals surface area contributed by atoms with Gasteiger partial charge in [0.2, 0.25) is 11.1 Å². The molecule has 3 rings (SSSR count). The average molecular weight is 503 g/mol. The zero-order chi connectivity index (χ0) is 25.5. The van der Waals surface area contributed by atoms with Crippen LogP contribution in [0.5, 0.6) is 11.5 Å². The van der Waals surface area contributed by atoms with Crippen molar-refractivity contribution in [3.05, 3.63) is 35.0 Å². The van der Waals surface area contributed by atoms with Crippen LogP contribution in [0.25, 0.3) is 0 Å². The predicted molar refractivity (Wildman–Crippen MR) is 139 cm³/mol. The molecule has 1 aliphatic rings. The smallest absolute Gasteiger partial charge is 0.338 e. The second kappa shape index (κ2) is 12.3. The Balaban J connectivity index is 2.02. The molecule has 1 N–H and O–H groups in total. The number of ether oxygens (including phenoxy) is 3. The number of carbonyl (C=O) groups excluding carboxylic acids is 1. The van der Waals surface area contributed by atoms with Gasteiger partial charge in [0.1, 0.15) is 6.04 Å². The number of aromatic nitrogens is 3. The number of allylic oxidation sites excluding steroid dienone is 1. The molecule has 9 heteroatoms. The Morgan fingerprint density at radius 2 is 2.00 bits per heavy atom. The van der Waals surface area contributed by atoms with E-state index in [4.69, 9.17) is 19.3 Å². The number of hydrogen-bond acceptors (Lipinski definition) is 8. The third-order valence-corrected chi connectivity index (χ3v) is 6.50. The summed E-state index contributed by atoms with van der Waals surface area (Å²) in [5.41, 5.74) is 2.03. The molecule has 1 aromatic carbocycles. The minimum absolute atomic E-state index is 0.243. The summed E-state index contributed by atoms with van der Waals surface area (Å²) in [6.07, 6.45) is 2.91. The SMILES string of the molecule is CCCCSc1nc2n(n1)C(c1ccc(OCCC(C)C)c(OC)c1)C(C(=O)OC(C)C)=C(C)N2. The highest BCUT2D eigenvalue weighted by Crippen LogP contribution is 2.40. The quantitative estimate of drug-likeness (QED) is 0.220. The normalized spacial score (nSPS) is 15.3. The Kier molecular flexibility index (Phi) is 9.48. The number of nitrogens with one attached hydrogen (secondary N) is 1. The van der Waals surface area contributed by atoms with Gasteiger partial charge in [0, 0.05) is 11.4 Å². The first-order valence-corrected chi connectivity index (χ1v) is 13.3. The summed E-state index contributed by atoms with van der Waals surface area (Å²) in [5, 5.41) is 8.70. The standard InChI is InChI=1S/C26H38N4O4S/c1-8-9-14-35-26-28-25-27-18(6)22(24(31)34-17(4)5)23(30(25)29-26)19-10-11-20(21(15-19)32-7)33-13-12-16(2)3/h10-11,15-17,23H,8-9,12-14H2,1-7H3,(H,27,28,29). The second-order valence-electron chi connectivity index (χ2n) is 9.33. The second-order valence-corrected chi connectivity index (χ2v) is 10.4. The first kappa shape index (κ1) is 26.9. The van der Waals surface area contributed by atoms with Crippen molar-refractivity contribution in [1.82, 2.24) is 14.8 Å². The molecule has 0 aliphatic carbocycles. The van der Waals surface area contributed by atoms with Crippen molar-refractivity contribution < 1.29 is 19.0 Å². The van der Waals surface area contributed by atoms with Crippen LogP contribution in [0, 0.1) is 5.92 Å². The van der Waals surface area contributed by atoms with Crippen LogP contribution in [0.2, 0.25) is 0 Å². The topological polar surface area (TPSA) is 87.5 Å². The van der Waals surface area contributed by atoms with Crippen molar-refractivity contribution in [2.75, 3.05) is 24.8 Å². The molecule has 192 valence electrons. The summed E-state index contributed by atoms with van der Waals surface area (Å²) in [6, 6.07) is 5.25. The average Bonchev–Trinajstić information content (AvgIpc) is 3.19. The number of esters is 1. The molecule has 0 fully saturated rings. The van der Waals surface area contributed by atoms with E-state index < -0.39 is 6.04 Å². The maximum Gasteiger partial charge on any atom is 0.338 e. The number of nitrogens with zero attached hydrogens (tertiary/aromatic N) is 3. The van der Waals surface area contributed by atoms with Crippen LogP contribution in [0.4, 0.5) is 5.95 Å². The predicted octanol–water partition coefficient (Wildman–Crippen LogP) is 5.84. The highest BCUT2D eigenvalue weighted by atomic mass is 32.2. The molecule has 1 aromatic heterocycles. The number of benzene rings is 1. The number of carbonyl (C=O) groups is 1. The van der Waals surface area contributed by atoms with E-state index in [1.165, 1.54) is 0 Å². The number of rotatable bonds is 12. The van der Waals surface area contributed by atoms with Gasteiger partial charge in [-0.2, -0.15) is 4.98 Å². The molecule has 0 saturated carbocycles. The van der Waals surface area contributed by atoms with E-state index >= 15 is 0 Å². The van der Waals surface area contributed by atoms with Crippen LogP contribution < -0.4 is 14.8 Å². The minimum Gasteiger partial charge on any atom is -0.493 e. The Labute approximate surface area is 212 Å². The summed E-state index contributed by atoms with van der Waals surface area (Å²) in [6.45, 7) is 12.6. The Morgan fingerprint density at radius 1 is 1.23 bits per heavy atom. The van der Waals surface area contributed by atoms with Gasteiger partial charge in [-0.15, -0.1) is 5.10 Å². The van der Waals surface area contributed by atoms with Gasteiger partial charge >= 0.3 is 5.97 Å². The first-order chi connectivity index (χ1) is 16.7. The van der Waals surface area contributed by atoms with Crippen LogP contribution in [-0.2, 0) is 9.53 Å². The lowest BCUT2D eigenvalue weighted by atomic mass is 9.95. The summed E-state index contributed by atoms with van der Waals surface area (Å²) in [7, 11) is 1.62. The van der Waals surface area contributed by atoms with Crippen molar-refractivity contribution in [3.63, 3.8) is 0 Å². The Morgan fingerprint density at radius 3 is 2.66 bits per heavy atom. The lowest BCUT2D eigenvalue weighted by molar-refractivity contribution is -0.143. The maximum absolute atomic E-state index is 13.2. The van der Waals surface area contributed by atoms with E-state index in [-0.39, 0.29) is 12.1 Å². The van der Waals surface area contributed by atoms with Crippen LogP contribution in [0.15, 0.2) is 34.6 Å². The van der Waals surface area contributed by atoms with Gasteiger partial charge in [0.05, 0.1) is 25.4 Å². The van der Waals surface area contributed by atoms with Crippen molar-refractivity contribution in [3.8, 4) is 11.5 Å².